The summed E-state index contributed by atoms with van der Waals surface area (Å²) in [6, 6.07) is 7.69. The Bertz CT molecular complexity index is 941. The van der Waals surface area contributed by atoms with Crippen molar-refractivity contribution < 1.29 is 14.1 Å². The van der Waals surface area contributed by atoms with Gasteiger partial charge in [-0.25, -0.2) is 4.79 Å². The summed E-state index contributed by atoms with van der Waals surface area (Å²) in [4.78, 5) is 18.8. The fourth-order valence-corrected chi connectivity index (χ4v) is 4.01. The van der Waals surface area contributed by atoms with E-state index in [9.17, 15) is 4.79 Å². The molecule has 4 rings (SSSR count). The van der Waals surface area contributed by atoms with Crippen molar-refractivity contribution >= 4 is 6.09 Å². The van der Waals surface area contributed by atoms with Gasteiger partial charge in [-0.2, -0.15) is 4.98 Å². The summed E-state index contributed by atoms with van der Waals surface area (Å²) >= 11 is 0. The summed E-state index contributed by atoms with van der Waals surface area (Å²) in [6.45, 7) is 6.22. The van der Waals surface area contributed by atoms with Crippen LogP contribution in [-0.2, 0) is 4.74 Å². The van der Waals surface area contributed by atoms with Crippen LogP contribution in [0.15, 0.2) is 28.8 Å². The summed E-state index contributed by atoms with van der Waals surface area (Å²) in [6.07, 6.45) is 6.37. The van der Waals surface area contributed by atoms with Crippen molar-refractivity contribution in [1.29, 1.82) is 0 Å². The van der Waals surface area contributed by atoms with Crippen LogP contribution in [0.4, 0.5) is 4.79 Å². The van der Waals surface area contributed by atoms with E-state index in [4.69, 9.17) is 9.26 Å². The van der Waals surface area contributed by atoms with Gasteiger partial charge in [-0.05, 0) is 70.7 Å². The second kappa shape index (κ2) is 8.51. The Labute approximate surface area is 178 Å². The van der Waals surface area contributed by atoms with Crippen molar-refractivity contribution in [2.45, 2.75) is 70.9 Å². The molecule has 1 atom stereocenters. The highest BCUT2D eigenvalue weighted by Gasteiger charge is 2.36. The number of hydrogen-bond donors (Lipinski definition) is 0. The molecule has 1 unspecified atom stereocenters. The number of aromatic nitrogens is 2. The SMILES string of the molecule is CC(C)(C)OC(=O)N1CCCC1c1nc(-c2ccc(C#CC3CCCC3)cc2)no1. The van der Waals surface area contributed by atoms with E-state index in [1.807, 2.05) is 45.0 Å². The highest BCUT2D eigenvalue weighted by atomic mass is 16.6. The molecule has 1 aliphatic heterocycles. The summed E-state index contributed by atoms with van der Waals surface area (Å²) < 4.78 is 11.0. The Morgan fingerprint density at radius 3 is 2.57 bits per heavy atom. The van der Waals surface area contributed by atoms with Gasteiger partial charge in [-0.15, -0.1) is 0 Å². The predicted molar refractivity (Wildman–Crippen MR) is 113 cm³/mol. The lowest BCUT2D eigenvalue weighted by atomic mass is 10.1. The van der Waals surface area contributed by atoms with E-state index >= 15 is 0 Å². The molecule has 1 aliphatic carbocycles. The van der Waals surface area contributed by atoms with Crippen LogP contribution in [0.5, 0.6) is 0 Å². The lowest BCUT2D eigenvalue weighted by Gasteiger charge is -2.26. The lowest BCUT2D eigenvalue weighted by Crippen LogP contribution is -2.36. The zero-order valence-corrected chi connectivity index (χ0v) is 18.0. The van der Waals surface area contributed by atoms with Crippen LogP contribution in [0.2, 0.25) is 0 Å². The zero-order valence-electron chi connectivity index (χ0n) is 18.0. The molecular weight excluding hydrogens is 378 g/mol. The second-order valence-corrected chi connectivity index (χ2v) is 9.12. The number of amides is 1. The molecule has 1 aromatic heterocycles. The first-order valence-electron chi connectivity index (χ1n) is 10.8. The average Bonchev–Trinajstić information content (AvgIpc) is 3.46. The fourth-order valence-electron chi connectivity index (χ4n) is 4.01. The second-order valence-electron chi connectivity index (χ2n) is 9.12. The Hall–Kier alpha value is -2.81. The van der Waals surface area contributed by atoms with Crippen molar-refractivity contribution in [3.63, 3.8) is 0 Å². The quantitative estimate of drug-likeness (QED) is 0.628. The molecule has 0 spiro atoms. The molecule has 1 amide bonds. The van der Waals surface area contributed by atoms with Crippen LogP contribution in [0.1, 0.15) is 76.8 Å². The molecule has 30 heavy (non-hydrogen) atoms. The van der Waals surface area contributed by atoms with E-state index in [-0.39, 0.29) is 12.1 Å². The Kier molecular flexibility index (Phi) is 5.80. The molecule has 2 fully saturated rings. The molecule has 2 aromatic rings. The molecule has 0 N–H and O–H groups in total. The molecule has 158 valence electrons. The Morgan fingerprint density at radius 1 is 1.13 bits per heavy atom. The maximum Gasteiger partial charge on any atom is 0.410 e. The summed E-state index contributed by atoms with van der Waals surface area (Å²) in [5, 5.41) is 4.14. The van der Waals surface area contributed by atoms with Crippen LogP contribution < -0.4 is 0 Å². The summed E-state index contributed by atoms with van der Waals surface area (Å²) in [5.41, 5.74) is 1.34. The van der Waals surface area contributed by atoms with Crippen LogP contribution in [-0.4, -0.2) is 33.3 Å². The monoisotopic (exact) mass is 407 g/mol. The number of benzene rings is 1. The normalized spacial score (nSPS) is 19.6. The largest absolute Gasteiger partial charge is 0.444 e. The number of likely N-dealkylation sites (tertiary alicyclic amines) is 1. The summed E-state index contributed by atoms with van der Waals surface area (Å²) in [7, 11) is 0. The maximum absolute atomic E-state index is 12.5. The van der Waals surface area contributed by atoms with Gasteiger partial charge in [0.1, 0.15) is 11.6 Å². The van der Waals surface area contributed by atoms with E-state index in [1.54, 1.807) is 4.90 Å². The first-order chi connectivity index (χ1) is 14.4. The molecule has 2 aliphatic rings. The summed E-state index contributed by atoms with van der Waals surface area (Å²) in [5.74, 6) is 8.19. The van der Waals surface area contributed by atoms with Gasteiger partial charge in [0, 0.05) is 23.6 Å². The minimum Gasteiger partial charge on any atom is -0.444 e. The van der Waals surface area contributed by atoms with Gasteiger partial charge >= 0.3 is 6.09 Å². The molecule has 1 aromatic carbocycles. The van der Waals surface area contributed by atoms with E-state index in [2.05, 4.69) is 22.0 Å². The fraction of sp³-hybridized carbons (Fsp3) is 0.542. The highest BCUT2D eigenvalue weighted by molar-refractivity contribution is 5.69. The van der Waals surface area contributed by atoms with Gasteiger partial charge in [-0.1, -0.05) is 29.8 Å². The van der Waals surface area contributed by atoms with Crippen molar-refractivity contribution in [2.75, 3.05) is 6.54 Å². The Morgan fingerprint density at radius 2 is 1.87 bits per heavy atom. The minimum atomic E-state index is -0.535. The first kappa shape index (κ1) is 20.5. The molecule has 0 radical (unpaired) electrons. The minimum absolute atomic E-state index is 0.238. The van der Waals surface area contributed by atoms with Crippen LogP contribution in [0, 0.1) is 17.8 Å². The van der Waals surface area contributed by atoms with Gasteiger partial charge in [0.2, 0.25) is 11.7 Å². The molecule has 1 saturated carbocycles. The smallest absolute Gasteiger partial charge is 0.410 e. The van der Waals surface area contributed by atoms with Crippen LogP contribution in [0.3, 0.4) is 0 Å². The van der Waals surface area contributed by atoms with Gasteiger partial charge < -0.3 is 9.26 Å². The molecule has 6 nitrogen and oxygen atoms in total. The highest BCUT2D eigenvalue weighted by Crippen LogP contribution is 2.33. The van der Waals surface area contributed by atoms with Crippen LogP contribution in [0.25, 0.3) is 11.4 Å². The predicted octanol–water partition coefficient (Wildman–Crippen LogP) is 5.35. The van der Waals surface area contributed by atoms with Crippen molar-refractivity contribution in [2.24, 2.45) is 5.92 Å². The van der Waals surface area contributed by atoms with E-state index < -0.39 is 5.60 Å². The first-order valence-corrected chi connectivity index (χ1v) is 10.8. The van der Waals surface area contributed by atoms with E-state index in [0.29, 0.717) is 24.2 Å². The van der Waals surface area contributed by atoms with Gasteiger partial charge in [0.25, 0.3) is 0 Å². The number of nitrogens with zero attached hydrogens (tertiary/aromatic N) is 3. The maximum atomic E-state index is 12.5. The van der Waals surface area contributed by atoms with E-state index in [0.717, 1.165) is 24.0 Å². The molecule has 6 heteroatoms. The average molecular weight is 408 g/mol. The third-order valence-electron chi connectivity index (χ3n) is 5.53. The Balaban J connectivity index is 1.45. The number of carbonyl (C=O) groups excluding carboxylic acids is 1. The third-order valence-corrected chi connectivity index (χ3v) is 5.53. The molecule has 1 saturated heterocycles. The van der Waals surface area contributed by atoms with Gasteiger partial charge in [0.05, 0.1) is 0 Å². The number of rotatable bonds is 2. The van der Waals surface area contributed by atoms with Gasteiger partial charge in [-0.3, -0.25) is 4.90 Å². The van der Waals surface area contributed by atoms with Gasteiger partial charge in [0.15, 0.2) is 0 Å². The lowest BCUT2D eigenvalue weighted by molar-refractivity contribution is 0.0199. The molecule has 2 heterocycles. The molecule has 0 bridgehead atoms. The topological polar surface area (TPSA) is 68.5 Å². The van der Waals surface area contributed by atoms with Crippen molar-refractivity contribution in [3.05, 3.63) is 35.7 Å². The number of hydrogen-bond acceptors (Lipinski definition) is 5. The standard InChI is InChI=1S/C24H29N3O3/c1-24(2,3)29-23(28)27-16-6-9-20(27)22-25-21(26-30-22)19-14-12-18(13-15-19)11-10-17-7-4-5-8-17/h12-15,17,20H,4-9,16H2,1-3H3. The number of carbonyl (C=O) groups is 1. The number of ether oxygens (including phenoxy) is 1. The van der Waals surface area contributed by atoms with Crippen molar-refractivity contribution in [1.82, 2.24) is 15.0 Å². The zero-order chi connectivity index (χ0) is 21.1. The molecular formula is C24H29N3O3. The third kappa shape index (κ3) is 4.84. The van der Waals surface area contributed by atoms with Crippen molar-refractivity contribution in [3.8, 4) is 23.2 Å². The van der Waals surface area contributed by atoms with E-state index in [1.165, 1.54) is 25.7 Å². The van der Waals surface area contributed by atoms with Crippen LogP contribution >= 0.6 is 0 Å².